The van der Waals surface area contributed by atoms with Crippen molar-refractivity contribution in [2.24, 2.45) is 0 Å². The Morgan fingerprint density at radius 2 is 1.74 bits per heavy atom. The van der Waals surface area contributed by atoms with Crippen molar-refractivity contribution in [3.8, 4) is 5.69 Å². The number of para-hydroxylation sites is 2. The summed E-state index contributed by atoms with van der Waals surface area (Å²) in [4.78, 5) is 24.9. The Balaban J connectivity index is 1.46. The van der Waals surface area contributed by atoms with E-state index in [1.807, 2.05) is 18.2 Å². The Kier molecular flexibility index (Phi) is 5.29. The number of rotatable bonds is 4. The van der Waals surface area contributed by atoms with E-state index in [1.165, 1.54) is 10.7 Å². The van der Waals surface area contributed by atoms with Crippen LogP contribution < -0.4 is 10.9 Å². The molecule has 0 spiro atoms. The predicted molar refractivity (Wildman–Crippen MR) is 113 cm³/mol. The van der Waals surface area contributed by atoms with E-state index >= 15 is 0 Å². The predicted octanol–water partition coefficient (Wildman–Crippen LogP) is 3.69. The Morgan fingerprint density at radius 1 is 1.03 bits per heavy atom. The molecule has 7 nitrogen and oxygen atoms in total. The van der Waals surface area contributed by atoms with Crippen LogP contribution in [0, 0.1) is 26.6 Å². The monoisotopic (exact) mass is 420 g/mol. The molecule has 2 aromatic carbocycles. The van der Waals surface area contributed by atoms with Gasteiger partial charge in [0, 0.05) is 22.2 Å². The fourth-order valence-corrected chi connectivity index (χ4v) is 3.57. The standard InChI is InChI=1S/C23H21FN4O3/c1-13-16-8-4-7-11-20(16)31-22(13)23(30)26-25-21(29)12-17-14(2)27-28(15(17)3)19-10-6-5-9-18(19)24/h4-11H,12H2,1-3H3,(H,25,29)(H,26,30). The lowest BCUT2D eigenvalue weighted by Gasteiger charge is -2.08. The second-order valence-corrected chi connectivity index (χ2v) is 7.24. The van der Waals surface area contributed by atoms with Crippen molar-refractivity contribution in [3.05, 3.63) is 82.6 Å². The number of carbonyl (C=O) groups is 2. The van der Waals surface area contributed by atoms with Crippen LogP contribution in [0.25, 0.3) is 16.7 Å². The first-order chi connectivity index (χ1) is 14.9. The molecule has 2 aromatic heterocycles. The lowest BCUT2D eigenvalue weighted by atomic mass is 10.1. The summed E-state index contributed by atoms with van der Waals surface area (Å²) in [5.74, 6) is -1.24. The normalized spacial score (nSPS) is 11.0. The molecule has 158 valence electrons. The number of halogens is 1. The minimum atomic E-state index is -0.544. The molecule has 0 unspecified atom stereocenters. The van der Waals surface area contributed by atoms with Gasteiger partial charge in [-0.25, -0.2) is 9.07 Å². The molecule has 0 saturated carbocycles. The quantitative estimate of drug-likeness (QED) is 0.493. The minimum absolute atomic E-state index is 0.0223. The van der Waals surface area contributed by atoms with E-state index in [0.29, 0.717) is 33.8 Å². The highest BCUT2D eigenvalue weighted by Gasteiger charge is 2.20. The number of amides is 2. The lowest BCUT2D eigenvalue weighted by molar-refractivity contribution is -0.121. The Labute approximate surface area is 177 Å². The maximum Gasteiger partial charge on any atom is 0.305 e. The second kappa shape index (κ2) is 8.06. The van der Waals surface area contributed by atoms with Crippen molar-refractivity contribution in [1.29, 1.82) is 0 Å². The van der Waals surface area contributed by atoms with Crippen LogP contribution >= 0.6 is 0 Å². The summed E-state index contributed by atoms with van der Waals surface area (Å²) in [6.45, 7) is 5.31. The summed E-state index contributed by atoms with van der Waals surface area (Å²) >= 11 is 0. The van der Waals surface area contributed by atoms with Crippen molar-refractivity contribution in [3.63, 3.8) is 0 Å². The lowest BCUT2D eigenvalue weighted by Crippen LogP contribution is -2.42. The van der Waals surface area contributed by atoms with E-state index in [4.69, 9.17) is 4.42 Å². The molecule has 31 heavy (non-hydrogen) atoms. The van der Waals surface area contributed by atoms with E-state index in [9.17, 15) is 14.0 Å². The van der Waals surface area contributed by atoms with Crippen molar-refractivity contribution in [2.75, 3.05) is 0 Å². The van der Waals surface area contributed by atoms with Crippen LogP contribution in [0.2, 0.25) is 0 Å². The third kappa shape index (κ3) is 3.79. The first-order valence-corrected chi connectivity index (χ1v) is 9.74. The smallest absolute Gasteiger partial charge is 0.305 e. The van der Waals surface area contributed by atoms with Gasteiger partial charge in [-0.15, -0.1) is 0 Å². The number of aromatic nitrogens is 2. The maximum absolute atomic E-state index is 14.1. The van der Waals surface area contributed by atoms with Crippen molar-refractivity contribution in [1.82, 2.24) is 20.6 Å². The summed E-state index contributed by atoms with van der Waals surface area (Å²) in [6.07, 6.45) is -0.0223. The Hall–Kier alpha value is -3.94. The number of hydrogen-bond acceptors (Lipinski definition) is 4. The van der Waals surface area contributed by atoms with Gasteiger partial charge in [-0.2, -0.15) is 5.10 Å². The van der Waals surface area contributed by atoms with Gasteiger partial charge in [0.25, 0.3) is 0 Å². The summed E-state index contributed by atoms with van der Waals surface area (Å²) in [6, 6.07) is 13.6. The molecular formula is C23H21FN4O3. The molecule has 0 aliphatic rings. The van der Waals surface area contributed by atoms with Crippen LogP contribution in [-0.2, 0) is 11.2 Å². The number of carbonyl (C=O) groups excluding carboxylic acids is 2. The first-order valence-electron chi connectivity index (χ1n) is 9.74. The SMILES string of the molecule is Cc1nn(-c2ccccc2F)c(C)c1CC(=O)NNC(=O)c1oc2ccccc2c1C. The second-order valence-electron chi connectivity index (χ2n) is 7.24. The Bertz CT molecular complexity index is 1310. The van der Waals surface area contributed by atoms with Crippen LogP contribution in [0.3, 0.4) is 0 Å². The first kappa shape index (κ1) is 20.3. The zero-order chi connectivity index (χ0) is 22.1. The molecule has 4 rings (SSSR count). The highest BCUT2D eigenvalue weighted by Crippen LogP contribution is 2.24. The van der Waals surface area contributed by atoms with E-state index in [2.05, 4.69) is 16.0 Å². The van der Waals surface area contributed by atoms with Crippen molar-refractivity contribution in [2.45, 2.75) is 27.2 Å². The van der Waals surface area contributed by atoms with Crippen molar-refractivity contribution >= 4 is 22.8 Å². The van der Waals surface area contributed by atoms with Crippen LogP contribution in [0.4, 0.5) is 4.39 Å². The number of hydrogen-bond donors (Lipinski definition) is 2. The fraction of sp³-hybridized carbons (Fsp3) is 0.174. The van der Waals surface area contributed by atoms with Gasteiger partial charge >= 0.3 is 5.91 Å². The number of nitrogens with one attached hydrogen (secondary N) is 2. The number of aryl methyl sites for hydroxylation is 2. The highest BCUT2D eigenvalue weighted by molar-refractivity contribution is 5.99. The summed E-state index contributed by atoms with van der Waals surface area (Å²) in [5, 5.41) is 5.21. The minimum Gasteiger partial charge on any atom is -0.451 e. The maximum atomic E-state index is 14.1. The molecule has 2 heterocycles. The average Bonchev–Trinajstić information content (AvgIpc) is 3.24. The van der Waals surface area contributed by atoms with Gasteiger partial charge in [0.1, 0.15) is 17.1 Å². The molecule has 0 saturated heterocycles. The number of fused-ring (bicyclic) bond motifs is 1. The average molecular weight is 420 g/mol. The Morgan fingerprint density at radius 3 is 2.48 bits per heavy atom. The molecule has 0 fully saturated rings. The highest BCUT2D eigenvalue weighted by atomic mass is 19.1. The number of benzene rings is 2. The molecule has 0 radical (unpaired) electrons. The van der Waals surface area contributed by atoms with Crippen LogP contribution in [0.1, 0.15) is 33.1 Å². The van der Waals surface area contributed by atoms with Gasteiger partial charge in [0.05, 0.1) is 12.1 Å². The van der Waals surface area contributed by atoms with Gasteiger partial charge in [0.2, 0.25) is 5.91 Å². The van der Waals surface area contributed by atoms with Crippen LogP contribution in [0.5, 0.6) is 0 Å². The fourth-order valence-electron chi connectivity index (χ4n) is 3.57. The molecule has 8 heteroatoms. The molecule has 0 aliphatic carbocycles. The van der Waals surface area contributed by atoms with Crippen LogP contribution in [-0.4, -0.2) is 21.6 Å². The summed E-state index contributed by atoms with van der Waals surface area (Å²) in [7, 11) is 0. The van der Waals surface area contributed by atoms with Gasteiger partial charge in [-0.1, -0.05) is 30.3 Å². The van der Waals surface area contributed by atoms with E-state index < -0.39 is 17.6 Å². The third-order valence-electron chi connectivity index (χ3n) is 5.22. The number of hydrazine groups is 1. The molecule has 4 aromatic rings. The van der Waals surface area contributed by atoms with Crippen molar-refractivity contribution < 1.29 is 18.4 Å². The number of nitrogens with zero attached hydrogens (tertiary/aromatic N) is 2. The third-order valence-corrected chi connectivity index (χ3v) is 5.22. The largest absolute Gasteiger partial charge is 0.451 e. The van der Waals surface area contributed by atoms with E-state index in [1.54, 1.807) is 45.0 Å². The molecule has 0 bridgehead atoms. The van der Waals surface area contributed by atoms with Gasteiger partial charge in [-0.3, -0.25) is 20.4 Å². The molecule has 2 N–H and O–H groups in total. The number of furan rings is 1. The van der Waals surface area contributed by atoms with Gasteiger partial charge < -0.3 is 4.42 Å². The van der Waals surface area contributed by atoms with Crippen LogP contribution in [0.15, 0.2) is 52.9 Å². The topological polar surface area (TPSA) is 89.2 Å². The summed E-state index contributed by atoms with van der Waals surface area (Å²) < 4.78 is 21.2. The van der Waals surface area contributed by atoms with Gasteiger partial charge in [0.15, 0.2) is 5.76 Å². The van der Waals surface area contributed by atoms with E-state index in [0.717, 1.165) is 5.39 Å². The zero-order valence-electron chi connectivity index (χ0n) is 17.3. The zero-order valence-corrected chi connectivity index (χ0v) is 17.3. The molecule has 2 amide bonds. The summed E-state index contributed by atoms with van der Waals surface area (Å²) in [5.41, 5.74) is 8.32. The molecule has 0 aliphatic heterocycles. The van der Waals surface area contributed by atoms with Gasteiger partial charge in [-0.05, 0) is 39.0 Å². The molecule has 0 atom stereocenters. The molecular weight excluding hydrogens is 399 g/mol. The van der Waals surface area contributed by atoms with E-state index in [-0.39, 0.29) is 12.2 Å².